The van der Waals surface area contributed by atoms with Crippen molar-refractivity contribution in [2.24, 2.45) is 0 Å². The van der Waals surface area contributed by atoms with Crippen molar-refractivity contribution in [3.05, 3.63) is 206 Å². The molecule has 0 bridgehead atoms. The predicted molar refractivity (Wildman–Crippen MR) is 479 cm³/mol. The summed E-state index contributed by atoms with van der Waals surface area (Å²) in [6.45, 7) is 25.3. The number of ketones is 2. The molecule has 0 saturated carbocycles. The van der Waals surface area contributed by atoms with Crippen LogP contribution < -0.4 is 29.0 Å². The van der Waals surface area contributed by atoms with Gasteiger partial charge in [-0.1, -0.05) is 0 Å². The number of aryl methyl sites for hydroxylation is 1. The molecule has 0 aliphatic carbocycles. The molecule has 8 aliphatic rings. The normalized spacial score (nSPS) is 18.6. The highest BCUT2D eigenvalue weighted by Crippen LogP contribution is 2.51. The van der Waals surface area contributed by atoms with Crippen molar-refractivity contribution in [3.8, 4) is 28.7 Å². The Morgan fingerprint density at radius 3 is 1.39 bits per heavy atom. The van der Waals surface area contributed by atoms with Crippen molar-refractivity contribution in [3.63, 3.8) is 0 Å². The van der Waals surface area contributed by atoms with Crippen LogP contribution in [0, 0.1) is 18.6 Å². The van der Waals surface area contributed by atoms with Crippen molar-refractivity contribution in [2.75, 3.05) is 127 Å². The van der Waals surface area contributed by atoms with Gasteiger partial charge >= 0.3 is 24.7 Å². The molecule has 8 aromatic rings. The number of carbonyl (C=O) groups is 6. The lowest BCUT2D eigenvalue weighted by atomic mass is 9.78. The number of benzene rings is 4. The van der Waals surface area contributed by atoms with Crippen LogP contribution in [0.15, 0.2) is 121 Å². The first-order valence-electron chi connectivity index (χ1n) is 45.5. The predicted octanol–water partition coefficient (Wildman–Crippen LogP) is 17.8. The van der Waals surface area contributed by atoms with Gasteiger partial charge in [-0.15, -0.1) is 0 Å². The van der Waals surface area contributed by atoms with Gasteiger partial charge in [0.2, 0.25) is 0 Å². The standard InChI is InChI=1S/C27H34F3N3O3.C24H28F3N3O4.C24H30F3N3O3.C23H26F5N3O2.H2/c1-17(2)36-21-9-7-19(15-18(21)3)24(35)32-13-11-26(12-14-32)22-10-8-20(23(34)27(28,29)30)33(22)25(4,5)16-31(26)6;1-28-13-14-30-19(21(31)24(25,26)27)7-8-20(30)23(28)9-11-29(12-10-23)22(32)17-3-5-18(6-4-17)34-16-15-33-2;1-22(2,3)33-17-6-5-16(15-18(17)32-4)21(31)29-12-9-23(10-13-29)19-7-8-20(24(25,26)27)30(19)14-11-28-23;1-14(2)33-18-5-4-15(12-16(18)24)21(32)30-8-6-22(7-9-30)20-17(25)13-19(23(26,27)28)31(20)11-10-29(22)3;/h7-10,15,17H,11-14,16H2,1-6H3;3-8H,9-16H2,1-2H3;5-8,15,28H,9-14H2,1-4H3;4-5,12-14H,6-11H2,1-3H3;1H. The van der Waals surface area contributed by atoms with E-state index < -0.39 is 92.6 Å². The highest BCUT2D eigenvalue weighted by Gasteiger charge is 2.55. The van der Waals surface area contributed by atoms with Crippen molar-refractivity contribution >= 4 is 35.2 Å². The maximum atomic E-state index is 14.8. The summed E-state index contributed by atoms with van der Waals surface area (Å²) in [4.78, 5) is 89.7. The number of ether oxygens (including phenoxy) is 6. The van der Waals surface area contributed by atoms with E-state index in [2.05, 4.69) is 15.1 Å². The fourth-order valence-electron chi connectivity index (χ4n) is 20.6. The third kappa shape index (κ3) is 21.1. The number of nitrogens with one attached hydrogen (secondary N) is 1. The largest absolute Gasteiger partial charge is 0.493 e. The maximum absolute atomic E-state index is 14.8. The summed E-state index contributed by atoms with van der Waals surface area (Å²) in [5, 5.41) is 3.44. The molecule has 4 spiro atoms. The molecule has 0 radical (unpaired) electrons. The number of piperidine rings is 4. The van der Waals surface area contributed by atoms with Crippen molar-refractivity contribution in [2.45, 2.75) is 210 Å². The third-order valence-electron chi connectivity index (χ3n) is 27.2. The third-order valence-corrected chi connectivity index (χ3v) is 27.2. The molecule has 38 heteroatoms. The number of likely N-dealkylation sites (tertiary alicyclic amines) is 4. The molecule has 8 aliphatic heterocycles. The van der Waals surface area contributed by atoms with Crippen LogP contribution in [0.3, 0.4) is 0 Å². The van der Waals surface area contributed by atoms with Crippen molar-refractivity contribution in [1.29, 1.82) is 0 Å². The quantitative estimate of drug-likeness (QED) is 0.0541. The second kappa shape index (κ2) is 39.5. The summed E-state index contributed by atoms with van der Waals surface area (Å²) >= 11 is 0. The highest BCUT2D eigenvalue weighted by molar-refractivity contribution is 6.00. The van der Waals surface area contributed by atoms with E-state index in [1.54, 1.807) is 114 Å². The number of likely N-dealkylation sites (N-methyl/N-ethyl adjacent to an activating group) is 3. The van der Waals surface area contributed by atoms with Crippen LogP contribution >= 0.6 is 0 Å². The topological polar surface area (TPSA) is 212 Å². The molecular formula is C98H120F14N12O12. The number of halogens is 14. The lowest BCUT2D eigenvalue weighted by molar-refractivity contribution is -0.145. The Hall–Kier alpha value is -11.0. The number of carbonyl (C=O) groups excluding carboxylic acids is 6. The van der Waals surface area contributed by atoms with Gasteiger partial charge in [-0.2, -0.15) is 52.7 Å². The first-order valence-corrected chi connectivity index (χ1v) is 45.5. The zero-order valence-corrected chi connectivity index (χ0v) is 79.0. The summed E-state index contributed by atoms with van der Waals surface area (Å²) in [5.74, 6) is -3.36. The van der Waals surface area contributed by atoms with E-state index in [1.807, 2.05) is 86.5 Å². The van der Waals surface area contributed by atoms with Gasteiger partial charge in [0.15, 0.2) is 23.1 Å². The number of fused-ring (bicyclic) bond motifs is 8. The minimum absolute atomic E-state index is 0. The summed E-state index contributed by atoms with van der Waals surface area (Å²) in [5.41, 5.74) is -1.16. The van der Waals surface area contributed by atoms with Gasteiger partial charge in [0.05, 0.1) is 70.7 Å². The number of nitrogens with zero attached hydrogens (tertiary/aromatic N) is 11. The number of methoxy groups -OCH3 is 2. The Morgan fingerprint density at radius 1 is 0.434 bits per heavy atom. The molecule has 0 unspecified atom stereocenters. The van der Waals surface area contributed by atoms with Gasteiger partial charge in [-0.3, -0.25) is 43.5 Å². The number of alkyl halides is 12. The van der Waals surface area contributed by atoms with Crippen LogP contribution in [0.5, 0.6) is 28.7 Å². The molecule has 4 aromatic carbocycles. The van der Waals surface area contributed by atoms with Crippen LogP contribution in [0.2, 0.25) is 0 Å². The van der Waals surface area contributed by atoms with Gasteiger partial charge < -0.3 is 71.6 Å². The molecule has 742 valence electrons. The minimum Gasteiger partial charge on any atom is -0.493 e. The van der Waals surface area contributed by atoms with Gasteiger partial charge in [0, 0.05) is 152 Å². The number of rotatable bonds is 16. The maximum Gasteiger partial charge on any atom is 0.456 e. The Kier molecular flexibility index (Phi) is 29.8. The fraction of sp³-hybridized carbons (Fsp3) is 0.531. The van der Waals surface area contributed by atoms with Crippen LogP contribution in [-0.4, -0.2) is 245 Å². The Labute approximate surface area is 782 Å². The van der Waals surface area contributed by atoms with Crippen LogP contribution in [-0.2, 0) is 64.4 Å². The minimum atomic E-state index is -4.94. The van der Waals surface area contributed by atoms with Crippen LogP contribution in [0.25, 0.3) is 0 Å². The number of hydrogen-bond acceptors (Lipinski definition) is 16. The summed E-state index contributed by atoms with van der Waals surface area (Å²) in [6.07, 6.45) is -15.2. The van der Waals surface area contributed by atoms with Gasteiger partial charge in [0.25, 0.3) is 35.2 Å². The Morgan fingerprint density at radius 2 is 0.882 bits per heavy atom. The second-order valence-corrected chi connectivity index (χ2v) is 38.2. The first kappa shape index (κ1) is 102. The van der Waals surface area contributed by atoms with Crippen LogP contribution in [0.4, 0.5) is 61.5 Å². The molecule has 4 aromatic heterocycles. The fourth-order valence-corrected chi connectivity index (χ4v) is 20.6. The summed E-state index contributed by atoms with van der Waals surface area (Å²) in [7, 11) is 8.81. The molecular weight excluding hydrogens is 1800 g/mol. The van der Waals surface area contributed by atoms with E-state index in [4.69, 9.17) is 28.4 Å². The molecule has 4 amide bonds. The average Bonchev–Trinajstić information content (AvgIpc) is 1.58. The van der Waals surface area contributed by atoms with Gasteiger partial charge in [0.1, 0.15) is 40.9 Å². The van der Waals surface area contributed by atoms with Crippen molar-refractivity contribution < 1.29 is 120 Å². The molecule has 136 heavy (non-hydrogen) atoms. The molecule has 0 atom stereocenters. The highest BCUT2D eigenvalue weighted by atomic mass is 19.4. The Balaban J connectivity index is 0.000000164. The summed E-state index contributed by atoms with van der Waals surface area (Å²) in [6, 6.07) is 30.7. The molecule has 4 saturated heterocycles. The lowest BCUT2D eigenvalue weighted by Gasteiger charge is -2.55. The number of Topliss-reactive ketones (excluding diaryl/α,β-unsaturated/α-hetero) is 2. The van der Waals surface area contributed by atoms with Crippen LogP contribution in [0.1, 0.15) is 217 Å². The zero-order valence-electron chi connectivity index (χ0n) is 79.0. The Bertz CT molecular complexity index is 5680. The summed E-state index contributed by atoms with van der Waals surface area (Å²) < 4.78 is 227. The SMILES string of the molecule is CC(C)Oc1ccc(C(=O)N2CCC3(CC2)c2c(F)cc(C(F)(F)F)n2CCN3C)cc1F.COCCOc1ccc(C(=O)N2CCC3(CC2)c2ccc(C(=O)C(F)(F)F)n2CCN3C)cc1.COc1cc(C(=O)N2CCC3(CC2)NCCn2c(C(F)(F)F)ccc23)ccc1OC(C)(C)C.Cc1cc(C(=O)N2CCC3(CC2)c2ccc(C(=O)C(F)(F)F)n2C(C)(C)CN3C)ccc1OC(C)C.[HH]. The number of hydrogen-bond donors (Lipinski definition) is 1. The lowest BCUT2D eigenvalue weighted by Crippen LogP contribution is -2.61. The van der Waals surface area contributed by atoms with Gasteiger partial charge in [-0.25, -0.2) is 8.78 Å². The zero-order chi connectivity index (χ0) is 99.3. The molecule has 12 heterocycles. The van der Waals surface area contributed by atoms with E-state index in [0.29, 0.717) is 181 Å². The van der Waals surface area contributed by atoms with E-state index >= 15 is 0 Å². The van der Waals surface area contributed by atoms with Crippen molar-refractivity contribution in [1.82, 2.24) is 57.9 Å². The van der Waals surface area contributed by atoms with Gasteiger partial charge in [-0.05, 0) is 263 Å². The molecule has 4 fully saturated rings. The smallest absolute Gasteiger partial charge is 0.456 e. The molecule has 24 nitrogen and oxygen atoms in total. The molecule has 1 N–H and O–H groups in total. The molecule has 16 rings (SSSR count). The second-order valence-electron chi connectivity index (χ2n) is 38.2. The first-order chi connectivity index (χ1) is 63.7. The number of aromatic nitrogens is 4. The van der Waals surface area contributed by atoms with E-state index in [0.717, 1.165) is 28.0 Å². The monoisotopic (exact) mass is 1920 g/mol. The van der Waals surface area contributed by atoms with E-state index in [-0.39, 0.29) is 105 Å². The average molecular weight is 1920 g/mol. The number of amides is 4. The van der Waals surface area contributed by atoms with E-state index in [1.165, 1.54) is 45.4 Å². The van der Waals surface area contributed by atoms with E-state index in [9.17, 15) is 90.2 Å².